The Labute approximate surface area is 101 Å². The largest absolute Gasteiger partial charge is 0.481 e. The van der Waals surface area contributed by atoms with Gasteiger partial charge in [0, 0.05) is 11.8 Å². The molecule has 0 atom stereocenters. The van der Waals surface area contributed by atoms with E-state index in [9.17, 15) is 4.79 Å². The third kappa shape index (κ3) is 3.59. The van der Waals surface area contributed by atoms with Gasteiger partial charge in [0.25, 0.3) is 0 Å². The van der Waals surface area contributed by atoms with Gasteiger partial charge < -0.3 is 5.11 Å². The first-order chi connectivity index (χ1) is 7.45. The van der Waals surface area contributed by atoms with Crippen LogP contribution in [0.2, 0.25) is 0 Å². The minimum Gasteiger partial charge on any atom is -0.481 e. The zero-order valence-corrected chi connectivity index (χ0v) is 10.9. The molecule has 0 bridgehead atoms. The van der Waals surface area contributed by atoms with E-state index < -0.39 is 11.4 Å². The van der Waals surface area contributed by atoms with E-state index in [0.29, 0.717) is 6.42 Å². The van der Waals surface area contributed by atoms with Crippen LogP contribution < -0.4 is 0 Å². The molecule has 16 heavy (non-hydrogen) atoms. The molecule has 0 spiro atoms. The minimum atomic E-state index is -0.738. The molecule has 3 nitrogen and oxygen atoms in total. The number of aromatic nitrogens is 1. The van der Waals surface area contributed by atoms with Crippen LogP contribution in [0.5, 0.6) is 0 Å². The van der Waals surface area contributed by atoms with Crippen molar-refractivity contribution in [2.75, 3.05) is 0 Å². The lowest BCUT2D eigenvalue weighted by atomic mass is 9.88. The molecule has 90 valence electrons. The van der Waals surface area contributed by atoms with Crippen molar-refractivity contribution in [3.05, 3.63) is 16.1 Å². The Kier molecular flexibility index (Phi) is 4.47. The molecule has 4 heteroatoms. The van der Waals surface area contributed by atoms with Crippen LogP contribution in [0.25, 0.3) is 0 Å². The van der Waals surface area contributed by atoms with Gasteiger partial charge in [-0.2, -0.15) is 0 Å². The van der Waals surface area contributed by atoms with Crippen molar-refractivity contribution in [2.45, 2.75) is 46.5 Å². The van der Waals surface area contributed by atoms with Crippen LogP contribution in [0.1, 0.15) is 44.3 Å². The van der Waals surface area contributed by atoms with E-state index in [-0.39, 0.29) is 0 Å². The molecule has 0 saturated carbocycles. The summed E-state index contributed by atoms with van der Waals surface area (Å²) in [6, 6.07) is 0. The van der Waals surface area contributed by atoms with Crippen molar-refractivity contribution in [3.63, 3.8) is 0 Å². The summed E-state index contributed by atoms with van der Waals surface area (Å²) < 4.78 is 0. The number of thiazole rings is 1. The summed E-state index contributed by atoms with van der Waals surface area (Å²) in [5.41, 5.74) is 0.479. The number of carbonyl (C=O) groups is 1. The highest BCUT2D eigenvalue weighted by molar-refractivity contribution is 7.09. The topological polar surface area (TPSA) is 50.2 Å². The third-order valence-electron chi connectivity index (χ3n) is 2.65. The molecule has 1 rings (SSSR count). The first-order valence-corrected chi connectivity index (χ1v) is 6.50. The number of aryl methyl sites for hydroxylation is 2. The highest BCUT2D eigenvalue weighted by atomic mass is 32.1. The Morgan fingerprint density at radius 3 is 2.75 bits per heavy atom. The van der Waals surface area contributed by atoms with Gasteiger partial charge in [-0.3, -0.25) is 4.79 Å². The number of nitrogens with zero attached hydrogens (tertiary/aromatic N) is 1. The van der Waals surface area contributed by atoms with Crippen molar-refractivity contribution in [2.24, 2.45) is 5.41 Å². The second-order valence-corrected chi connectivity index (χ2v) is 5.61. The lowest BCUT2D eigenvalue weighted by Crippen LogP contribution is -2.24. The maximum absolute atomic E-state index is 10.9. The first-order valence-electron chi connectivity index (χ1n) is 5.62. The molecule has 1 N–H and O–H groups in total. The van der Waals surface area contributed by atoms with Gasteiger partial charge in [0.2, 0.25) is 0 Å². The number of aliphatic carboxylic acids is 1. The predicted octanol–water partition coefficient (Wildman–Crippen LogP) is 3.14. The smallest absolute Gasteiger partial charge is 0.309 e. The number of rotatable bonds is 6. The van der Waals surface area contributed by atoms with E-state index >= 15 is 0 Å². The van der Waals surface area contributed by atoms with E-state index in [1.807, 2.05) is 0 Å². The highest BCUT2D eigenvalue weighted by Crippen LogP contribution is 2.24. The fourth-order valence-electron chi connectivity index (χ4n) is 1.36. The maximum Gasteiger partial charge on any atom is 0.309 e. The van der Waals surface area contributed by atoms with Crippen LogP contribution in [0.3, 0.4) is 0 Å². The average Bonchev–Trinajstić information content (AvgIpc) is 2.63. The Hall–Kier alpha value is -0.900. The lowest BCUT2D eigenvalue weighted by Gasteiger charge is -2.17. The Balaban J connectivity index is 2.51. The maximum atomic E-state index is 10.9. The summed E-state index contributed by atoms with van der Waals surface area (Å²) in [6.07, 6.45) is 3.51. The predicted molar refractivity (Wildman–Crippen MR) is 65.8 cm³/mol. The van der Waals surface area contributed by atoms with Gasteiger partial charge in [-0.05, 0) is 26.7 Å². The first kappa shape index (κ1) is 13.2. The van der Waals surface area contributed by atoms with Crippen molar-refractivity contribution in [1.82, 2.24) is 4.98 Å². The Morgan fingerprint density at radius 1 is 1.50 bits per heavy atom. The molecule has 0 fully saturated rings. The molecule has 0 aliphatic rings. The highest BCUT2D eigenvalue weighted by Gasteiger charge is 2.26. The molecule has 0 radical (unpaired) electrons. The van der Waals surface area contributed by atoms with E-state index in [1.54, 1.807) is 25.2 Å². The molecule has 0 aliphatic carbocycles. The van der Waals surface area contributed by atoms with Crippen LogP contribution in [-0.4, -0.2) is 16.1 Å². The van der Waals surface area contributed by atoms with Crippen molar-refractivity contribution < 1.29 is 9.90 Å². The lowest BCUT2D eigenvalue weighted by molar-refractivity contribution is -0.147. The molecule has 0 aromatic carbocycles. The third-order valence-corrected chi connectivity index (χ3v) is 3.61. The molecular weight excluding hydrogens is 222 g/mol. The van der Waals surface area contributed by atoms with Crippen LogP contribution >= 0.6 is 11.3 Å². The van der Waals surface area contributed by atoms with Gasteiger partial charge in [-0.1, -0.05) is 13.3 Å². The van der Waals surface area contributed by atoms with Crippen LogP contribution in [0.15, 0.2) is 5.38 Å². The van der Waals surface area contributed by atoms with Crippen LogP contribution in [-0.2, 0) is 17.6 Å². The normalized spacial score (nSPS) is 11.7. The van der Waals surface area contributed by atoms with Gasteiger partial charge in [0.15, 0.2) is 0 Å². The van der Waals surface area contributed by atoms with Gasteiger partial charge >= 0.3 is 5.97 Å². The fourth-order valence-corrected chi connectivity index (χ4v) is 2.19. The Morgan fingerprint density at radius 2 is 2.19 bits per heavy atom. The number of hydrogen-bond donors (Lipinski definition) is 1. The summed E-state index contributed by atoms with van der Waals surface area (Å²) in [7, 11) is 0. The van der Waals surface area contributed by atoms with E-state index in [0.717, 1.165) is 30.0 Å². The van der Waals surface area contributed by atoms with Crippen molar-refractivity contribution in [3.8, 4) is 0 Å². The summed E-state index contributed by atoms with van der Waals surface area (Å²) in [4.78, 5) is 15.4. The number of hydrogen-bond acceptors (Lipinski definition) is 3. The Bertz CT molecular complexity index is 358. The second-order valence-electron chi connectivity index (χ2n) is 4.67. The van der Waals surface area contributed by atoms with Gasteiger partial charge in [0.05, 0.1) is 16.1 Å². The quantitative estimate of drug-likeness (QED) is 0.832. The summed E-state index contributed by atoms with van der Waals surface area (Å²) in [5.74, 6) is -0.738. The van der Waals surface area contributed by atoms with Crippen LogP contribution in [0.4, 0.5) is 0 Å². The molecule has 0 amide bonds. The molecule has 1 aromatic rings. The van der Waals surface area contributed by atoms with Gasteiger partial charge in [-0.25, -0.2) is 4.98 Å². The molecule has 0 unspecified atom stereocenters. The molecule has 0 saturated heterocycles. The molecule has 1 aromatic heterocycles. The van der Waals surface area contributed by atoms with E-state index in [1.165, 1.54) is 0 Å². The SMILES string of the molecule is CCCc1csc(CCC(C)(C)C(=O)O)n1. The standard InChI is InChI=1S/C12H19NO2S/c1-4-5-9-8-16-10(13-9)6-7-12(2,3)11(14)15/h8H,4-7H2,1-3H3,(H,14,15). The molecule has 0 aliphatic heterocycles. The monoisotopic (exact) mass is 241 g/mol. The zero-order chi connectivity index (χ0) is 12.2. The average molecular weight is 241 g/mol. The zero-order valence-electron chi connectivity index (χ0n) is 10.1. The second kappa shape index (κ2) is 5.43. The van der Waals surface area contributed by atoms with Gasteiger partial charge in [0.1, 0.15) is 0 Å². The molecule has 1 heterocycles. The summed E-state index contributed by atoms with van der Waals surface area (Å²) >= 11 is 1.64. The number of carboxylic acids is 1. The van der Waals surface area contributed by atoms with E-state index in [4.69, 9.17) is 5.11 Å². The molecular formula is C12H19NO2S. The minimum absolute atomic E-state index is 0.640. The van der Waals surface area contributed by atoms with E-state index in [2.05, 4.69) is 17.3 Å². The fraction of sp³-hybridized carbons (Fsp3) is 0.667. The summed E-state index contributed by atoms with van der Waals surface area (Å²) in [6.45, 7) is 5.65. The summed E-state index contributed by atoms with van der Waals surface area (Å²) in [5, 5.41) is 12.1. The number of carboxylic acid groups (broad SMARTS) is 1. The van der Waals surface area contributed by atoms with Crippen LogP contribution in [0, 0.1) is 5.41 Å². The van der Waals surface area contributed by atoms with Gasteiger partial charge in [-0.15, -0.1) is 11.3 Å². The van der Waals surface area contributed by atoms with Crippen molar-refractivity contribution >= 4 is 17.3 Å². The van der Waals surface area contributed by atoms with Crippen molar-refractivity contribution in [1.29, 1.82) is 0 Å².